The lowest BCUT2D eigenvalue weighted by Gasteiger charge is -2.12. The summed E-state index contributed by atoms with van der Waals surface area (Å²) in [6.07, 6.45) is 1.55. The van der Waals surface area contributed by atoms with Crippen molar-refractivity contribution >= 4 is 12.2 Å². The van der Waals surface area contributed by atoms with Crippen LogP contribution >= 0.6 is 0 Å². The summed E-state index contributed by atoms with van der Waals surface area (Å²) in [6, 6.07) is 0. The number of nitrogens with zero attached hydrogens (tertiary/aromatic N) is 1. The Morgan fingerprint density at radius 2 is 2.38 bits per heavy atom. The average Bonchev–Trinajstić information content (AvgIpc) is 2.10. The third-order valence-corrected chi connectivity index (χ3v) is 1.55. The molecule has 1 aliphatic rings. The maximum atomic E-state index is 11.0. The monoisotopic (exact) mass is 185 g/mol. The van der Waals surface area contributed by atoms with Gasteiger partial charge >= 0.3 is 5.97 Å². The molecule has 0 aliphatic carbocycles. The largest absolute Gasteiger partial charge is 0.511 e. The molecular weight excluding hydrogens is 174 g/mol. The van der Waals surface area contributed by atoms with Crippen LogP contribution < -0.4 is 0 Å². The van der Waals surface area contributed by atoms with E-state index in [9.17, 15) is 9.90 Å². The van der Waals surface area contributed by atoms with Crippen molar-refractivity contribution in [3.63, 3.8) is 0 Å². The van der Waals surface area contributed by atoms with E-state index in [-0.39, 0.29) is 31.1 Å². The maximum Gasteiger partial charge on any atom is 0.343 e. The zero-order valence-electron chi connectivity index (χ0n) is 7.06. The number of carbonyl (C=O) groups excluding carboxylic acids is 1. The first-order valence-electron chi connectivity index (χ1n) is 3.95. The number of aliphatic imine (C=N–C) groups is 1. The van der Waals surface area contributed by atoms with Crippen molar-refractivity contribution < 1.29 is 19.7 Å². The van der Waals surface area contributed by atoms with Crippen LogP contribution in [0.2, 0.25) is 0 Å². The fraction of sp³-hybridized carbons (Fsp3) is 0.500. The number of aliphatic hydroxyl groups is 2. The van der Waals surface area contributed by atoms with Crippen LogP contribution in [0.25, 0.3) is 0 Å². The summed E-state index contributed by atoms with van der Waals surface area (Å²) >= 11 is 0. The highest BCUT2D eigenvalue weighted by atomic mass is 16.5. The molecular formula is C8H11NO4. The van der Waals surface area contributed by atoms with Gasteiger partial charge in [0, 0.05) is 12.6 Å². The molecule has 0 fully saturated rings. The molecule has 13 heavy (non-hydrogen) atoms. The van der Waals surface area contributed by atoms with E-state index in [1.165, 1.54) is 6.21 Å². The van der Waals surface area contributed by atoms with Crippen LogP contribution in [0.5, 0.6) is 0 Å². The number of rotatable bonds is 3. The molecule has 72 valence electrons. The number of hydrogen-bond acceptors (Lipinski definition) is 5. The second kappa shape index (κ2) is 4.61. The van der Waals surface area contributed by atoms with Crippen molar-refractivity contribution in [3.8, 4) is 0 Å². The van der Waals surface area contributed by atoms with Crippen molar-refractivity contribution in [1.29, 1.82) is 0 Å². The first-order valence-corrected chi connectivity index (χ1v) is 3.95. The van der Waals surface area contributed by atoms with E-state index in [1.54, 1.807) is 0 Å². The molecule has 0 saturated carbocycles. The maximum absolute atomic E-state index is 11.0. The van der Waals surface area contributed by atoms with Crippen molar-refractivity contribution in [1.82, 2.24) is 0 Å². The van der Waals surface area contributed by atoms with E-state index in [4.69, 9.17) is 5.11 Å². The summed E-state index contributed by atoms with van der Waals surface area (Å²) in [6.45, 7) is 0.339. The summed E-state index contributed by atoms with van der Waals surface area (Å²) in [5.41, 5.74) is 0.0831. The van der Waals surface area contributed by atoms with Crippen molar-refractivity contribution in [3.05, 3.63) is 11.3 Å². The van der Waals surface area contributed by atoms with E-state index in [2.05, 4.69) is 9.73 Å². The molecule has 1 rings (SSSR count). The molecule has 0 aromatic rings. The minimum absolute atomic E-state index is 0.00191. The first-order chi connectivity index (χ1) is 6.25. The Morgan fingerprint density at radius 3 is 3.00 bits per heavy atom. The highest BCUT2D eigenvalue weighted by molar-refractivity contribution is 6.10. The normalized spacial score (nSPS) is 18.1. The SMILES string of the molecule is O=C1OCCC(O)=C1C=NCCO. The summed E-state index contributed by atoms with van der Waals surface area (Å²) in [5, 5.41) is 17.7. The van der Waals surface area contributed by atoms with E-state index in [0.717, 1.165) is 0 Å². The fourth-order valence-corrected chi connectivity index (χ4v) is 0.911. The van der Waals surface area contributed by atoms with Crippen LogP contribution in [0.15, 0.2) is 16.3 Å². The van der Waals surface area contributed by atoms with Crippen molar-refractivity contribution in [2.24, 2.45) is 4.99 Å². The third-order valence-electron chi connectivity index (χ3n) is 1.55. The summed E-state index contributed by atoms with van der Waals surface area (Å²) in [5.74, 6) is -0.566. The van der Waals surface area contributed by atoms with E-state index in [0.29, 0.717) is 6.42 Å². The van der Waals surface area contributed by atoms with Gasteiger partial charge in [0.25, 0.3) is 0 Å². The Morgan fingerprint density at radius 1 is 1.62 bits per heavy atom. The summed E-state index contributed by atoms with van der Waals surface area (Å²) in [7, 11) is 0. The molecule has 0 amide bonds. The lowest BCUT2D eigenvalue weighted by Crippen LogP contribution is -2.18. The van der Waals surface area contributed by atoms with E-state index >= 15 is 0 Å². The molecule has 1 heterocycles. The van der Waals surface area contributed by atoms with Gasteiger partial charge in [-0.1, -0.05) is 0 Å². The topological polar surface area (TPSA) is 79.1 Å². The number of hydrogen-bond donors (Lipinski definition) is 2. The molecule has 0 aromatic carbocycles. The molecule has 0 radical (unpaired) electrons. The lowest BCUT2D eigenvalue weighted by molar-refractivity contribution is -0.139. The molecule has 0 bridgehead atoms. The second-order valence-electron chi connectivity index (χ2n) is 2.51. The van der Waals surface area contributed by atoms with Crippen LogP contribution in [-0.2, 0) is 9.53 Å². The number of ether oxygens (including phenoxy) is 1. The molecule has 2 N–H and O–H groups in total. The summed E-state index contributed by atoms with van der Waals surface area (Å²) in [4.78, 5) is 14.7. The van der Waals surface area contributed by atoms with Gasteiger partial charge in [0.2, 0.25) is 0 Å². The molecule has 0 saturated heterocycles. The van der Waals surface area contributed by atoms with Gasteiger partial charge in [0.05, 0.1) is 19.8 Å². The Bertz CT molecular complexity index is 257. The predicted octanol–water partition coefficient (Wildman–Crippen LogP) is -0.191. The van der Waals surface area contributed by atoms with Crippen LogP contribution in [0.3, 0.4) is 0 Å². The van der Waals surface area contributed by atoms with Crippen molar-refractivity contribution in [2.45, 2.75) is 6.42 Å². The van der Waals surface area contributed by atoms with Crippen LogP contribution in [0.4, 0.5) is 0 Å². The molecule has 5 nitrogen and oxygen atoms in total. The first kappa shape index (κ1) is 9.73. The quantitative estimate of drug-likeness (QED) is 0.471. The Kier molecular flexibility index (Phi) is 3.45. The smallest absolute Gasteiger partial charge is 0.343 e. The van der Waals surface area contributed by atoms with E-state index < -0.39 is 5.97 Å². The number of esters is 1. The second-order valence-corrected chi connectivity index (χ2v) is 2.51. The van der Waals surface area contributed by atoms with Gasteiger partial charge in [-0.3, -0.25) is 4.99 Å². The van der Waals surface area contributed by atoms with Gasteiger partial charge in [-0.05, 0) is 0 Å². The Hall–Kier alpha value is -1.36. The zero-order valence-corrected chi connectivity index (χ0v) is 7.06. The average molecular weight is 185 g/mol. The van der Waals surface area contributed by atoms with Crippen LogP contribution in [0, 0.1) is 0 Å². The van der Waals surface area contributed by atoms with Gasteiger partial charge in [0.1, 0.15) is 11.3 Å². The number of cyclic esters (lactones) is 1. The molecule has 0 aromatic heterocycles. The third kappa shape index (κ3) is 2.55. The predicted molar refractivity (Wildman–Crippen MR) is 45.7 cm³/mol. The summed E-state index contributed by atoms with van der Waals surface area (Å²) < 4.78 is 4.68. The van der Waals surface area contributed by atoms with Crippen LogP contribution in [0.1, 0.15) is 6.42 Å². The zero-order chi connectivity index (χ0) is 9.68. The molecule has 1 aliphatic heterocycles. The molecule has 0 spiro atoms. The number of carbonyl (C=O) groups is 1. The lowest BCUT2D eigenvalue weighted by atomic mass is 10.2. The van der Waals surface area contributed by atoms with Gasteiger partial charge in [-0.25, -0.2) is 4.79 Å². The highest BCUT2D eigenvalue weighted by Gasteiger charge is 2.19. The van der Waals surface area contributed by atoms with Gasteiger partial charge in [0.15, 0.2) is 0 Å². The van der Waals surface area contributed by atoms with Crippen molar-refractivity contribution in [2.75, 3.05) is 19.8 Å². The minimum Gasteiger partial charge on any atom is -0.511 e. The van der Waals surface area contributed by atoms with Gasteiger partial charge in [-0.15, -0.1) is 0 Å². The standard InChI is InChI=1S/C8H11NO4/c10-3-2-9-5-6-7(11)1-4-13-8(6)12/h5,10-11H,1-4H2. The van der Waals surface area contributed by atoms with E-state index in [1.807, 2.05) is 0 Å². The highest BCUT2D eigenvalue weighted by Crippen LogP contribution is 2.12. The van der Waals surface area contributed by atoms with Gasteiger partial charge in [-0.2, -0.15) is 0 Å². The fourth-order valence-electron chi connectivity index (χ4n) is 0.911. The van der Waals surface area contributed by atoms with Crippen LogP contribution in [-0.4, -0.2) is 42.2 Å². The number of aliphatic hydroxyl groups excluding tert-OH is 2. The van der Waals surface area contributed by atoms with Gasteiger partial charge < -0.3 is 14.9 Å². The Balaban J connectivity index is 2.68. The molecule has 0 unspecified atom stereocenters. The Labute approximate surface area is 75.4 Å². The molecule has 0 atom stereocenters. The minimum atomic E-state index is -0.564. The molecule has 5 heteroatoms.